The Labute approximate surface area is 741 Å². The summed E-state index contributed by atoms with van der Waals surface area (Å²) in [4.78, 5) is 113. The third-order valence-electron chi connectivity index (χ3n) is 16.8. The van der Waals surface area contributed by atoms with Gasteiger partial charge in [0.1, 0.15) is 18.7 Å². The van der Waals surface area contributed by atoms with Gasteiger partial charge < -0.3 is 165 Å². The number of rotatable bonds is 95. The Balaban J connectivity index is 1.30. The molecule has 0 aliphatic carbocycles. The number of imide groups is 1. The van der Waals surface area contributed by atoms with Gasteiger partial charge in [0.25, 0.3) is 18.3 Å². The second-order valence-corrected chi connectivity index (χ2v) is 27.1. The Morgan fingerprint density at radius 3 is 1.06 bits per heavy atom. The molecule has 8 N–H and O–H groups in total. The molecule has 2 rings (SSSR count). The van der Waals surface area contributed by atoms with Crippen LogP contribution in [0.3, 0.4) is 0 Å². The topological polar surface area (TPSA) is 506 Å². The molecule has 0 spiro atoms. The number of hydrogen-bond acceptors (Lipinski definition) is 35. The summed E-state index contributed by atoms with van der Waals surface area (Å²) in [5.41, 5.74) is 6.36. The van der Waals surface area contributed by atoms with Crippen LogP contribution in [0, 0.1) is 5.92 Å². The second kappa shape index (κ2) is 86.1. The fraction of sp³-hybridized carbons (Fsp3) is 0.793. The van der Waals surface area contributed by atoms with E-state index in [0.717, 1.165) is 17.1 Å². The van der Waals surface area contributed by atoms with Gasteiger partial charge in [0.05, 0.1) is 343 Å². The smallest absolute Gasteiger partial charge is 0.317 e. The molecule has 1 aliphatic rings. The van der Waals surface area contributed by atoms with Crippen LogP contribution in [0.2, 0.25) is 0 Å². The molecule has 728 valence electrons. The minimum absolute atomic E-state index is 0.00176. The number of carboxylic acids is 1. The lowest BCUT2D eigenvalue weighted by Crippen LogP contribution is -2.54. The van der Waals surface area contributed by atoms with Gasteiger partial charge in [-0.15, -0.1) is 0 Å². The molecule has 0 saturated heterocycles. The first-order chi connectivity index (χ1) is 62.0. The maximum absolute atomic E-state index is 13.9. The fourth-order valence-corrected chi connectivity index (χ4v) is 10.2. The average molecular weight is 1820 g/mol. The van der Waals surface area contributed by atoms with Crippen molar-refractivity contribution < 1.29 is 173 Å². The molecule has 0 radical (unpaired) electrons. The minimum atomic E-state index is -1.28. The number of carboxylic acid groups (broad SMARTS) is 1. The number of anilines is 1. The number of nitrogens with two attached hydrogens (primary N) is 1. The highest BCUT2D eigenvalue weighted by atomic mass is 16.6. The predicted molar refractivity (Wildman–Crippen MR) is 450 cm³/mol. The lowest BCUT2D eigenvalue weighted by Gasteiger charge is -2.26. The predicted octanol–water partition coefficient (Wildman–Crippen LogP) is -0.282. The lowest BCUT2D eigenvalue weighted by molar-refractivity contribution is -0.139. The number of carbonyl (C=O) groups excluding carboxylic acids is 8. The number of aliphatic carboxylic acids is 1. The number of nitrogens with zero attached hydrogens (tertiary/aromatic N) is 2. The minimum Gasteiger partial charge on any atom is -0.481 e. The molecule has 0 unspecified atom stereocenters. The van der Waals surface area contributed by atoms with Gasteiger partial charge >= 0.3 is 18.0 Å². The Hall–Kier alpha value is -7.01. The van der Waals surface area contributed by atoms with E-state index in [1.807, 2.05) is 0 Å². The quantitative estimate of drug-likeness (QED) is 0.0250. The zero-order chi connectivity index (χ0) is 92.0. The van der Waals surface area contributed by atoms with Crippen molar-refractivity contribution in [1.82, 2.24) is 31.1 Å². The van der Waals surface area contributed by atoms with Gasteiger partial charge in [0.15, 0.2) is 1.37 Å². The van der Waals surface area contributed by atoms with Gasteiger partial charge in [-0.05, 0) is 42.0 Å². The van der Waals surface area contributed by atoms with Gasteiger partial charge in [-0.3, -0.25) is 38.5 Å². The zero-order valence-electron chi connectivity index (χ0n) is 75.0. The van der Waals surface area contributed by atoms with Crippen molar-refractivity contribution >= 4 is 59.7 Å². The van der Waals surface area contributed by atoms with Crippen molar-refractivity contribution in [2.75, 3.05) is 362 Å². The van der Waals surface area contributed by atoms with Crippen molar-refractivity contribution in [3.8, 4) is 0 Å². The normalized spacial score (nSPS) is 12.6. The van der Waals surface area contributed by atoms with Crippen LogP contribution in [0.1, 0.15) is 52.0 Å². The van der Waals surface area contributed by atoms with Crippen LogP contribution in [0.25, 0.3) is 0 Å². The summed E-state index contributed by atoms with van der Waals surface area (Å²) in [6, 6.07) is 1.11. The second-order valence-electron chi connectivity index (χ2n) is 27.1. The number of nitrogens with one attached hydrogen (secondary N) is 5. The van der Waals surface area contributed by atoms with Gasteiger partial charge in [0, 0.05) is 50.9 Å². The van der Waals surface area contributed by atoms with E-state index in [1.165, 1.54) is 18.0 Å². The highest BCUT2D eigenvalue weighted by Gasteiger charge is 2.30. The first-order valence-electron chi connectivity index (χ1n) is 43.3. The Kier molecular flexibility index (Phi) is 77.3. The maximum Gasteiger partial charge on any atom is 0.317 e. The van der Waals surface area contributed by atoms with Crippen LogP contribution in [-0.2, 0) is 170 Å². The molecule has 0 saturated carbocycles. The molecule has 0 aromatic heterocycles. The number of primary amides is 1. The number of hydrogen-bond donors (Lipinski definition) is 7. The van der Waals surface area contributed by atoms with Crippen LogP contribution in [0.15, 0.2) is 30.4 Å². The molecule has 0 bridgehead atoms. The zero-order valence-corrected chi connectivity index (χ0v) is 74.0. The maximum atomic E-state index is 13.9. The Bertz CT molecular complexity index is 2930. The van der Waals surface area contributed by atoms with Crippen LogP contribution >= 0.6 is 0 Å². The van der Waals surface area contributed by atoms with Crippen molar-refractivity contribution in [2.45, 2.75) is 64.8 Å². The molecule has 1 aliphatic heterocycles. The average Bonchev–Trinajstić information content (AvgIpc) is 1.46. The molecule has 2 atom stereocenters. The molecule has 1 aromatic rings. The molecule has 44 nitrogen and oxygen atoms in total. The van der Waals surface area contributed by atoms with Crippen LogP contribution in [0.4, 0.5) is 15.3 Å². The molecule has 1 heterocycles. The van der Waals surface area contributed by atoms with E-state index in [0.29, 0.717) is 308 Å². The Morgan fingerprint density at radius 2 is 0.738 bits per heavy atom. The van der Waals surface area contributed by atoms with Gasteiger partial charge in [-0.1, -0.05) is 19.9 Å². The highest BCUT2D eigenvalue weighted by Crippen LogP contribution is 2.20. The summed E-state index contributed by atoms with van der Waals surface area (Å²) in [6.45, 7) is 23.4. The van der Waals surface area contributed by atoms with E-state index in [2.05, 4.69) is 26.6 Å². The van der Waals surface area contributed by atoms with Gasteiger partial charge in [-0.25, -0.2) is 9.59 Å². The highest BCUT2D eigenvalue weighted by molar-refractivity contribution is 6.12. The third kappa shape index (κ3) is 71.9. The molecule has 126 heavy (non-hydrogen) atoms. The molecule has 1 aromatic carbocycles. The molecule has 44 heteroatoms. The van der Waals surface area contributed by atoms with Crippen molar-refractivity contribution in [3.05, 3.63) is 41.5 Å². The molecule has 0 fully saturated rings. The van der Waals surface area contributed by atoms with E-state index < -0.39 is 72.0 Å². The Morgan fingerprint density at radius 1 is 0.421 bits per heavy atom. The number of carbonyl (C=O) groups is 9. The molecular weight excluding hydrogens is 1670 g/mol. The standard InChI is InChI=1S/C82H144N8O36/c1-69(2)78(88-74(92)10-15-101-18-14-90-75(93)8-9-76(90)94)80(98)87-73(5-4-12-84-81(83)99)79(97)86-72-7-6-70(67-126-68-91)71(65-72)66-89(3)82(100)85-13-17-103-20-22-105-24-26-107-28-30-109-32-34-111-36-38-113-40-42-115-44-46-117-48-50-119-52-54-121-56-58-123-60-62-125-64-63-124-61-59-122-57-55-120-53-51-118-49-47-116-45-43-114-41-39-112-37-35-110-33-31-108-29-27-106-25-23-104-21-19-102-16-11-77(95)96/h6-9,65,68-69,73,78H,4-5,10-64,66-67H2,1-3H3,(H,85,100)(H,86,97)(H,87,98)(H,88,92)(H,95,96)(H3,83,84,99)/t73-,78-/m0/s1/i68D. The molecular formula is C82H144N8O36. The van der Waals surface area contributed by atoms with Crippen LogP contribution in [0.5, 0.6) is 0 Å². The van der Waals surface area contributed by atoms with Crippen molar-refractivity contribution in [3.63, 3.8) is 0 Å². The van der Waals surface area contributed by atoms with Crippen LogP contribution < -0.4 is 32.3 Å². The van der Waals surface area contributed by atoms with Crippen molar-refractivity contribution in [1.29, 1.82) is 0 Å². The van der Waals surface area contributed by atoms with E-state index in [9.17, 15) is 43.2 Å². The van der Waals surface area contributed by atoms with Crippen LogP contribution in [-0.4, -0.2) is 438 Å². The number of amides is 9. The largest absolute Gasteiger partial charge is 0.481 e. The van der Waals surface area contributed by atoms with E-state index in [-0.39, 0.29) is 97.2 Å². The summed E-state index contributed by atoms with van der Waals surface area (Å²) in [5.74, 6) is -4.09. The number of urea groups is 2. The SMILES string of the molecule is [2H]C(=O)OCc1ccc(NC(=O)[C@H](CCCNC(N)=O)NC(=O)[C@@H](NC(=O)CCOCCN2C(=O)C=CC2=O)C(C)C)cc1CN(C)C(=O)NCCOCCOCCOCCOCCOCCOCCOCCOCCOCCOCCOCCOCCOCCOCCOCCOCCOCCOCCOCCOCCOCCOCCOCCOCCC(=O)O. The lowest BCUT2D eigenvalue weighted by atomic mass is 10.0. The van der Waals surface area contributed by atoms with Gasteiger partial charge in [0.2, 0.25) is 17.7 Å². The summed E-state index contributed by atoms with van der Waals surface area (Å²) in [6.07, 6.45) is 1.11. The fourth-order valence-electron chi connectivity index (χ4n) is 10.2. The first kappa shape index (κ1) is 113. The third-order valence-corrected chi connectivity index (χ3v) is 16.8. The summed E-state index contributed by atoms with van der Waals surface area (Å²) >= 11 is 0. The summed E-state index contributed by atoms with van der Waals surface area (Å²) < 4.78 is 150. The van der Waals surface area contributed by atoms with Crippen molar-refractivity contribution in [2.24, 2.45) is 11.7 Å². The number of ether oxygens (including phenoxy) is 26. The van der Waals surface area contributed by atoms with Gasteiger partial charge in [-0.2, -0.15) is 0 Å². The first-order valence-corrected chi connectivity index (χ1v) is 42.8. The van der Waals surface area contributed by atoms with E-state index in [1.54, 1.807) is 26.0 Å². The van der Waals surface area contributed by atoms with E-state index in [4.69, 9.17) is 135 Å². The molecule has 9 amide bonds. The van der Waals surface area contributed by atoms with E-state index >= 15 is 0 Å². The summed E-state index contributed by atoms with van der Waals surface area (Å²) in [5, 5.41) is 21.9. The summed E-state index contributed by atoms with van der Waals surface area (Å²) in [7, 11) is 1.53. The monoisotopic (exact) mass is 1820 g/mol. The number of benzene rings is 1.